The van der Waals surface area contributed by atoms with Gasteiger partial charge in [0, 0.05) is 0 Å². The predicted molar refractivity (Wildman–Crippen MR) is 79.8 cm³/mol. The molecule has 0 atom stereocenters. The molecular weight excluding hydrogens is 338 g/mol. The highest BCUT2D eigenvalue weighted by Crippen LogP contribution is 2.19. The van der Waals surface area contributed by atoms with E-state index in [0.29, 0.717) is 0 Å². The second-order valence-electron chi connectivity index (χ2n) is 4.31. The summed E-state index contributed by atoms with van der Waals surface area (Å²) in [5, 5.41) is 17.9. The monoisotopic (exact) mass is 347 g/mol. The Bertz CT molecular complexity index is 960. The zero-order valence-corrected chi connectivity index (χ0v) is 13.1. The summed E-state index contributed by atoms with van der Waals surface area (Å²) in [6.07, 6.45) is 0. The van der Waals surface area contributed by atoms with Crippen LogP contribution < -0.4 is 4.13 Å². The van der Waals surface area contributed by atoms with Gasteiger partial charge in [-0.3, -0.25) is 0 Å². The summed E-state index contributed by atoms with van der Waals surface area (Å²) in [6.45, 7) is 0. The van der Waals surface area contributed by atoms with Crippen molar-refractivity contribution in [2.75, 3.05) is 0 Å². The number of sulfonamides is 2. The van der Waals surface area contributed by atoms with E-state index in [1.807, 2.05) is 0 Å². The van der Waals surface area contributed by atoms with Gasteiger partial charge in [0.2, 0.25) is 0 Å². The van der Waals surface area contributed by atoms with Gasteiger partial charge in [-0.05, 0) is 24.3 Å². The van der Waals surface area contributed by atoms with E-state index in [4.69, 9.17) is 10.5 Å². The molecule has 9 heteroatoms. The van der Waals surface area contributed by atoms with Crippen LogP contribution in [0.1, 0.15) is 11.1 Å². The Morgan fingerprint density at radius 1 is 0.696 bits per heavy atom. The van der Waals surface area contributed by atoms with Gasteiger partial charge in [-0.15, -0.1) is 4.13 Å². The molecule has 23 heavy (non-hydrogen) atoms. The van der Waals surface area contributed by atoms with Gasteiger partial charge in [0.05, 0.1) is 11.1 Å². The smallest absolute Gasteiger partial charge is 0.206 e. The number of rotatable bonds is 4. The third kappa shape index (κ3) is 3.38. The van der Waals surface area contributed by atoms with Gasteiger partial charge in [-0.25, -0.2) is 16.8 Å². The van der Waals surface area contributed by atoms with E-state index in [9.17, 15) is 16.8 Å². The Kier molecular flexibility index (Phi) is 4.48. The van der Waals surface area contributed by atoms with Crippen molar-refractivity contribution in [1.82, 2.24) is 4.13 Å². The van der Waals surface area contributed by atoms with E-state index in [2.05, 4.69) is 0 Å². The third-order valence-electron chi connectivity index (χ3n) is 2.81. The lowest BCUT2D eigenvalue weighted by molar-refractivity contribution is 0.576. The Labute approximate surface area is 133 Å². The minimum absolute atomic E-state index is 0.191. The number of nitriles is 2. The summed E-state index contributed by atoms with van der Waals surface area (Å²) in [7, 11) is -9.01. The Balaban J connectivity index is 2.53. The van der Waals surface area contributed by atoms with Crippen molar-refractivity contribution < 1.29 is 16.8 Å². The first-order valence-electron chi connectivity index (χ1n) is 6.09. The Morgan fingerprint density at radius 2 is 1.04 bits per heavy atom. The molecule has 0 aliphatic heterocycles. The highest BCUT2D eigenvalue weighted by molar-refractivity contribution is 8.04. The second kappa shape index (κ2) is 6.18. The van der Waals surface area contributed by atoms with Crippen molar-refractivity contribution in [3.8, 4) is 12.1 Å². The molecule has 1 N–H and O–H groups in total. The molecule has 0 radical (unpaired) electrons. The van der Waals surface area contributed by atoms with Crippen LogP contribution in [0.25, 0.3) is 0 Å². The van der Waals surface area contributed by atoms with E-state index >= 15 is 0 Å². The van der Waals surface area contributed by atoms with Crippen LogP contribution in [0, 0.1) is 22.7 Å². The molecule has 0 heterocycles. The SMILES string of the molecule is N#Cc1ccccc1S(=O)(=O)NS(=O)(=O)c1ccccc1C#N. The molecule has 0 fully saturated rings. The molecule has 116 valence electrons. The summed E-state index contributed by atoms with van der Waals surface area (Å²) in [5.41, 5.74) is -0.382. The standard InChI is InChI=1S/C14H9N3O4S2/c15-9-11-5-1-3-7-13(11)22(18,19)17-23(20,21)14-8-4-2-6-12(14)10-16/h1-8,17H. The maximum absolute atomic E-state index is 12.3. The quantitative estimate of drug-likeness (QED) is 0.882. The molecule has 0 spiro atoms. The van der Waals surface area contributed by atoms with Gasteiger partial charge in [0.15, 0.2) is 0 Å². The molecule has 2 aromatic carbocycles. The van der Waals surface area contributed by atoms with Crippen molar-refractivity contribution in [2.45, 2.75) is 9.79 Å². The minimum atomic E-state index is -4.50. The lowest BCUT2D eigenvalue weighted by Gasteiger charge is -2.10. The molecule has 0 aliphatic rings. The highest BCUT2D eigenvalue weighted by atomic mass is 32.3. The van der Waals surface area contributed by atoms with Crippen LogP contribution in [0.3, 0.4) is 0 Å². The lowest BCUT2D eigenvalue weighted by Crippen LogP contribution is -2.31. The lowest BCUT2D eigenvalue weighted by atomic mass is 10.2. The van der Waals surface area contributed by atoms with Gasteiger partial charge < -0.3 is 0 Å². The summed E-state index contributed by atoms with van der Waals surface area (Å²) < 4.78 is 50.7. The van der Waals surface area contributed by atoms with Crippen molar-refractivity contribution in [3.63, 3.8) is 0 Å². The summed E-state index contributed by atoms with van der Waals surface area (Å²) in [6, 6.07) is 13.8. The predicted octanol–water partition coefficient (Wildman–Crippen LogP) is 1.10. The fraction of sp³-hybridized carbons (Fsp3) is 0. The molecule has 0 unspecified atom stereocenters. The highest BCUT2D eigenvalue weighted by Gasteiger charge is 2.28. The first kappa shape index (κ1) is 16.6. The van der Waals surface area contributed by atoms with E-state index in [1.54, 1.807) is 16.3 Å². The van der Waals surface area contributed by atoms with Crippen molar-refractivity contribution >= 4 is 20.0 Å². The first-order chi connectivity index (χ1) is 10.8. The Morgan fingerprint density at radius 3 is 1.39 bits per heavy atom. The average Bonchev–Trinajstić information content (AvgIpc) is 2.53. The molecule has 0 saturated carbocycles. The molecular formula is C14H9N3O4S2. The number of nitrogens with zero attached hydrogens (tertiary/aromatic N) is 2. The van der Waals surface area contributed by atoms with Crippen molar-refractivity contribution in [3.05, 3.63) is 59.7 Å². The van der Waals surface area contributed by atoms with Gasteiger partial charge in [0.1, 0.15) is 21.9 Å². The topological polar surface area (TPSA) is 128 Å². The fourth-order valence-electron chi connectivity index (χ4n) is 1.82. The van der Waals surface area contributed by atoms with Gasteiger partial charge in [0.25, 0.3) is 20.0 Å². The van der Waals surface area contributed by atoms with E-state index in [-0.39, 0.29) is 11.1 Å². The van der Waals surface area contributed by atoms with Gasteiger partial charge in [-0.1, -0.05) is 24.3 Å². The maximum Gasteiger partial charge on any atom is 0.255 e. The largest absolute Gasteiger partial charge is 0.255 e. The third-order valence-corrected chi connectivity index (χ3v) is 6.44. The van der Waals surface area contributed by atoms with Crippen molar-refractivity contribution in [2.24, 2.45) is 0 Å². The van der Waals surface area contributed by atoms with Crippen LogP contribution in [-0.2, 0) is 20.0 Å². The molecule has 0 bridgehead atoms. The first-order valence-corrected chi connectivity index (χ1v) is 9.05. The number of nitrogens with one attached hydrogen (secondary N) is 1. The summed E-state index contributed by atoms with van der Waals surface area (Å²) in [4.78, 5) is -0.916. The van der Waals surface area contributed by atoms with E-state index in [1.165, 1.54) is 36.4 Å². The van der Waals surface area contributed by atoms with Gasteiger partial charge in [-0.2, -0.15) is 10.5 Å². The van der Waals surface area contributed by atoms with Gasteiger partial charge >= 0.3 is 0 Å². The van der Waals surface area contributed by atoms with Crippen molar-refractivity contribution in [1.29, 1.82) is 10.5 Å². The van der Waals surface area contributed by atoms with E-state index < -0.39 is 29.8 Å². The van der Waals surface area contributed by atoms with Crippen LogP contribution in [0.5, 0.6) is 0 Å². The molecule has 0 aliphatic carbocycles. The second-order valence-corrected chi connectivity index (χ2v) is 7.87. The normalized spacial score (nSPS) is 11.4. The zero-order valence-electron chi connectivity index (χ0n) is 11.5. The molecule has 2 rings (SSSR count). The molecule has 0 amide bonds. The zero-order chi connectivity index (χ0) is 17.1. The van der Waals surface area contributed by atoms with Crippen LogP contribution in [0.2, 0.25) is 0 Å². The summed E-state index contributed by atoms with van der Waals surface area (Å²) >= 11 is 0. The number of benzene rings is 2. The van der Waals surface area contributed by atoms with Crippen LogP contribution in [-0.4, -0.2) is 16.8 Å². The summed E-state index contributed by atoms with van der Waals surface area (Å²) in [5.74, 6) is 0. The van der Waals surface area contributed by atoms with E-state index in [0.717, 1.165) is 12.1 Å². The molecule has 7 nitrogen and oxygen atoms in total. The van der Waals surface area contributed by atoms with Crippen LogP contribution in [0.4, 0.5) is 0 Å². The van der Waals surface area contributed by atoms with Crippen LogP contribution in [0.15, 0.2) is 58.3 Å². The average molecular weight is 347 g/mol. The molecule has 0 aromatic heterocycles. The molecule has 0 saturated heterocycles. The maximum atomic E-state index is 12.3. The Hall–Kier alpha value is -2.72. The number of hydrogen-bond acceptors (Lipinski definition) is 6. The minimum Gasteiger partial charge on any atom is -0.206 e. The molecule has 2 aromatic rings. The van der Waals surface area contributed by atoms with Crippen LogP contribution >= 0.6 is 0 Å². The fourth-order valence-corrected chi connectivity index (χ4v) is 5.02. The number of hydrogen-bond donors (Lipinski definition) is 1.